The van der Waals surface area contributed by atoms with Crippen LogP contribution in [-0.4, -0.2) is 26.0 Å². The highest BCUT2D eigenvalue weighted by Gasteiger charge is 2.69. The van der Waals surface area contributed by atoms with E-state index in [9.17, 15) is 18.0 Å². The zero-order valence-corrected chi connectivity index (χ0v) is 18.6. The van der Waals surface area contributed by atoms with Crippen LogP contribution in [0.25, 0.3) is 0 Å². The highest BCUT2D eigenvalue weighted by atomic mass is 32.2. The van der Waals surface area contributed by atoms with Crippen LogP contribution in [0.2, 0.25) is 0 Å². The van der Waals surface area contributed by atoms with Crippen LogP contribution in [0.5, 0.6) is 0 Å². The molecule has 0 aromatic heterocycles. The van der Waals surface area contributed by atoms with E-state index in [1.165, 1.54) is 9.80 Å². The molecule has 2 heterocycles. The first-order valence-electron chi connectivity index (χ1n) is 10.3. The molecule has 2 aliphatic heterocycles. The van der Waals surface area contributed by atoms with E-state index in [-0.39, 0.29) is 6.54 Å². The smallest absolute Gasteiger partial charge is 0.274 e. The standard InChI is InChI=1S/C25H22N2O4S/c1-17-7-5-9-19(13-17)15-26-22-12-4-3-11-21(22)25(24(26)29)27(23(28)16-32(25,30)31)20-10-6-8-18(2)14-20/h3-14H,15-16H2,1-2H3. The van der Waals surface area contributed by atoms with Gasteiger partial charge >= 0.3 is 0 Å². The Balaban J connectivity index is 1.74. The van der Waals surface area contributed by atoms with Gasteiger partial charge in [0.2, 0.25) is 5.91 Å². The van der Waals surface area contributed by atoms with Crippen LogP contribution in [0.3, 0.4) is 0 Å². The number of nitrogens with zero attached hydrogens (tertiary/aromatic N) is 2. The highest BCUT2D eigenvalue weighted by molar-refractivity contribution is 7.94. The predicted octanol–water partition coefficient (Wildman–Crippen LogP) is 3.46. The van der Waals surface area contributed by atoms with Crippen molar-refractivity contribution in [2.75, 3.05) is 15.6 Å². The zero-order chi connectivity index (χ0) is 22.7. The van der Waals surface area contributed by atoms with Crippen molar-refractivity contribution in [1.82, 2.24) is 0 Å². The number of sulfone groups is 1. The van der Waals surface area contributed by atoms with Gasteiger partial charge in [0.1, 0.15) is 5.75 Å². The van der Waals surface area contributed by atoms with Gasteiger partial charge in [-0.25, -0.2) is 8.42 Å². The van der Waals surface area contributed by atoms with Crippen LogP contribution >= 0.6 is 0 Å². The van der Waals surface area contributed by atoms with Crippen LogP contribution in [-0.2, 0) is 30.8 Å². The number of fused-ring (bicyclic) bond motifs is 2. The number of benzene rings is 3. The normalized spacial score (nSPS) is 21.4. The van der Waals surface area contributed by atoms with E-state index in [0.29, 0.717) is 16.9 Å². The van der Waals surface area contributed by atoms with E-state index in [1.54, 1.807) is 42.5 Å². The van der Waals surface area contributed by atoms with E-state index < -0.39 is 32.3 Å². The van der Waals surface area contributed by atoms with Crippen molar-refractivity contribution in [2.45, 2.75) is 25.3 Å². The first kappa shape index (κ1) is 20.5. The molecule has 1 atom stereocenters. The van der Waals surface area contributed by atoms with Crippen molar-refractivity contribution in [1.29, 1.82) is 0 Å². The number of hydrogen-bond donors (Lipinski definition) is 0. The van der Waals surface area contributed by atoms with Crippen molar-refractivity contribution in [3.63, 3.8) is 0 Å². The van der Waals surface area contributed by atoms with Crippen molar-refractivity contribution in [3.8, 4) is 0 Å². The molecule has 0 radical (unpaired) electrons. The minimum Gasteiger partial charge on any atom is -0.304 e. The van der Waals surface area contributed by atoms with Crippen LogP contribution < -0.4 is 9.80 Å². The monoisotopic (exact) mass is 446 g/mol. The van der Waals surface area contributed by atoms with Gasteiger partial charge in [0.25, 0.3) is 10.8 Å². The average Bonchev–Trinajstić information content (AvgIpc) is 3.11. The molecule has 0 N–H and O–H groups in total. The van der Waals surface area contributed by atoms with Gasteiger partial charge in [-0.1, -0.05) is 60.2 Å². The molecule has 7 heteroatoms. The maximum Gasteiger partial charge on any atom is 0.274 e. The minimum atomic E-state index is -4.16. The average molecular weight is 447 g/mol. The molecule has 1 fully saturated rings. The summed E-state index contributed by atoms with van der Waals surface area (Å²) in [5, 5.41) is 0. The number of para-hydroxylation sites is 1. The van der Waals surface area contributed by atoms with Crippen molar-refractivity contribution in [3.05, 3.63) is 95.1 Å². The molecule has 3 aromatic rings. The van der Waals surface area contributed by atoms with Gasteiger partial charge in [-0.05, 0) is 43.2 Å². The molecule has 32 heavy (non-hydrogen) atoms. The lowest BCUT2D eigenvalue weighted by Gasteiger charge is -2.32. The second kappa shape index (κ2) is 7.03. The summed E-state index contributed by atoms with van der Waals surface area (Å²) in [5.74, 6) is -1.93. The number of aryl methyl sites for hydroxylation is 2. The lowest BCUT2D eigenvalue weighted by Crippen LogP contribution is -2.54. The number of hydrogen-bond acceptors (Lipinski definition) is 4. The molecular weight excluding hydrogens is 424 g/mol. The summed E-state index contributed by atoms with van der Waals surface area (Å²) in [6.45, 7) is 4.04. The zero-order valence-electron chi connectivity index (χ0n) is 17.8. The van der Waals surface area contributed by atoms with Gasteiger partial charge in [-0.15, -0.1) is 0 Å². The summed E-state index contributed by atoms with van der Waals surface area (Å²) >= 11 is 0. The second-order valence-corrected chi connectivity index (χ2v) is 10.5. The third-order valence-electron chi connectivity index (χ3n) is 6.11. The Morgan fingerprint density at radius 1 is 0.875 bits per heavy atom. The fraction of sp³-hybridized carbons (Fsp3) is 0.200. The van der Waals surface area contributed by atoms with Crippen LogP contribution in [0, 0.1) is 13.8 Å². The molecule has 162 valence electrons. The Bertz CT molecular complexity index is 1380. The van der Waals surface area contributed by atoms with Gasteiger partial charge in [-0.3, -0.25) is 14.5 Å². The molecule has 0 bridgehead atoms. The number of carbonyl (C=O) groups is 2. The lowest BCUT2D eigenvalue weighted by molar-refractivity contribution is -0.123. The Morgan fingerprint density at radius 2 is 1.56 bits per heavy atom. The molecule has 2 aliphatic rings. The summed E-state index contributed by atoms with van der Waals surface area (Å²) in [4.78, 5) is 27.7. The maximum absolute atomic E-state index is 14.1. The largest absolute Gasteiger partial charge is 0.304 e. The van der Waals surface area contributed by atoms with Crippen molar-refractivity contribution in [2.24, 2.45) is 0 Å². The topological polar surface area (TPSA) is 74.8 Å². The van der Waals surface area contributed by atoms with Gasteiger partial charge in [-0.2, -0.15) is 0 Å². The van der Waals surface area contributed by atoms with Crippen LogP contribution in [0.4, 0.5) is 11.4 Å². The van der Waals surface area contributed by atoms with Crippen LogP contribution in [0.1, 0.15) is 22.3 Å². The van der Waals surface area contributed by atoms with Gasteiger partial charge in [0.05, 0.1) is 12.2 Å². The molecule has 0 saturated carbocycles. The molecule has 0 aliphatic carbocycles. The Kier molecular flexibility index (Phi) is 4.49. The summed E-state index contributed by atoms with van der Waals surface area (Å²) in [6.07, 6.45) is 0. The molecule has 1 spiro atoms. The quantitative estimate of drug-likeness (QED) is 0.618. The summed E-state index contributed by atoms with van der Waals surface area (Å²) in [5.41, 5.74) is 4.03. The molecule has 1 unspecified atom stereocenters. The van der Waals surface area contributed by atoms with Gasteiger partial charge in [0.15, 0.2) is 9.84 Å². The van der Waals surface area contributed by atoms with Crippen molar-refractivity contribution >= 4 is 33.0 Å². The van der Waals surface area contributed by atoms with E-state index >= 15 is 0 Å². The Hall–Kier alpha value is -3.45. The van der Waals surface area contributed by atoms with E-state index in [4.69, 9.17) is 0 Å². The fourth-order valence-corrected chi connectivity index (χ4v) is 6.84. The third kappa shape index (κ3) is 2.74. The molecule has 1 saturated heterocycles. The first-order valence-corrected chi connectivity index (χ1v) is 12.0. The molecule has 3 aromatic carbocycles. The highest BCUT2D eigenvalue weighted by Crippen LogP contribution is 2.52. The second-order valence-electron chi connectivity index (χ2n) is 8.37. The summed E-state index contributed by atoms with van der Waals surface area (Å²) in [7, 11) is -4.16. The van der Waals surface area contributed by atoms with Gasteiger partial charge in [0, 0.05) is 11.3 Å². The van der Waals surface area contributed by atoms with Crippen molar-refractivity contribution < 1.29 is 18.0 Å². The first-order chi connectivity index (χ1) is 15.3. The summed E-state index contributed by atoms with van der Waals surface area (Å²) in [6, 6.07) is 21.6. The Morgan fingerprint density at radius 3 is 2.28 bits per heavy atom. The lowest BCUT2D eigenvalue weighted by atomic mass is 10.0. The third-order valence-corrected chi connectivity index (χ3v) is 8.21. The number of carbonyl (C=O) groups excluding carboxylic acids is 2. The van der Waals surface area contributed by atoms with E-state index in [1.807, 2.05) is 44.2 Å². The number of amides is 2. The van der Waals surface area contributed by atoms with E-state index in [0.717, 1.165) is 16.7 Å². The predicted molar refractivity (Wildman–Crippen MR) is 123 cm³/mol. The fourth-order valence-electron chi connectivity index (χ4n) is 4.81. The SMILES string of the molecule is Cc1cccc(CN2C(=O)C3(c4ccccc42)N(c2cccc(C)c2)C(=O)CS3(=O)=O)c1. The number of rotatable bonds is 3. The molecule has 6 nitrogen and oxygen atoms in total. The van der Waals surface area contributed by atoms with Crippen LogP contribution in [0.15, 0.2) is 72.8 Å². The molecule has 2 amide bonds. The molecule has 5 rings (SSSR count). The Labute approximate surface area is 187 Å². The minimum absolute atomic E-state index is 0.213. The molecular formula is C25H22N2O4S. The number of anilines is 2. The summed E-state index contributed by atoms with van der Waals surface area (Å²) < 4.78 is 27.2. The maximum atomic E-state index is 14.1. The van der Waals surface area contributed by atoms with Gasteiger partial charge < -0.3 is 4.90 Å². The van der Waals surface area contributed by atoms with E-state index in [2.05, 4.69) is 0 Å².